The van der Waals surface area contributed by atoms with Crippen LogP contribution in [0.25, 0.3) is 0 Å². The van der Waals surface area contributed by atoms with Gasteiger partial charge in [-0.1, -0.05) is 18.2 Å². The first-order valence-corrected chi connectivity index (χ1v) is 6.68. The maximum Gasteiger partial charge on any atom is 0.169 e. The molecular formula is C14H16FNOS. The number of ether oxygens (including phenoxy) is 1. The molecule has 96 valence electrons. The molecule has 0 aliphatic carbocycles. The summed E-state index contributed by atoms with van der Waals surface area (Å²) in [4.78, 5) is 1.25. The molecule has 0 fully saturated rings. The van der Waals surface area contributed by atoms with Crippen LogP contribution in [0, 0.1) is 5.82 Å². The molecule has 1 aromatic heterocycles. The standard InChI is InChI=1S/C14H16FNOS/c1-10(13-7-4-8-18-13)16-9-11-5-3-6-12(17-2)14(11)15/h3-8,10,16H,9H2,1-2H3. The quantitative estimate of drug-likeness (QED) is 0.889. The van der Waals surface area contributed by atoms with Gasteiger partial charge in [-0.15, -0.1) is 11.3 Å². The van der Waals surface area contributed by atoms with E-state index in [9.17, 15) is 4.39 Å². The van der Waals surface area contributed by atoms with Crippen molar-refractivity contribution in [3.05, 3.63) is 52.0 Å². The number of hydrogen-bond acceptors (Lipinski definition) is 3. The largest absolute Gasteiger partial charge is 0.494 e. The van der Waals surface area contributed by atoms with Crippen LogP contribution in [-0.4, -0.2) is 7.11 Å². The van der Waals surface area contributed by atoms with Crippen LogP contribution in [0.3, 0.4) is 0 Å². The Morgan fingerprint density at radius 1 is 1.33 bits per heavy atom. The highest BCUT2D eigenvalue weighted by molar-refractivity contribution is 7.10. The van der Waals surface area contributed by atoms with E-state index in [1.54, 1.807) is 29.5 Å². The molecule has 2 aromatic rings. The average molecular weight is 265 g/mol. The van der Waals surface area contributed by atoms with Gasteiger partial charge in [-0.05, 0) is 24.4 Å². The van der Waals surface area contributed by atoms with E-state index in [1.807, 2.05) is 11.4 Å². The van der Waals surface area contributed by atoms with Crippen molar-refractivity contribution in [2.75, 3.05) is 7.11 Å². The average Bonchev–Trinajstić information content (AvgIpc) is 2.91. The minimum atomic E-state index is -0.286. The molecule has 0 amide bonds. The van der Waals surface area contributed by atoms with Crippen molar-refractivity contribution in [2.24, 2.45) is 0 Å². The van der Waals surface area contributed by atoms with Crippen molar-refractivity contribution in [1.82, 2.24) is 5.32 Å². The van der Waals surface area contributed by atoms with Crippen molar-refractivity contribution in [3.8, 4) is 5.75 Å². The lowest BCUT2D eigenvalue weighted by atomic mass is 10.2. The first-order chi connectivity index (χ1) is 8.72. The molecule has 1 unspecified atom stereocenters. The summed E-state index contributed by atoms with van der Waals surface area (Å²) in [5, 5.41) is 5.35. The fourth-order valence-corrected chi connectivity index (χ4v) is 2.51. The molecule has 1 heterocycles. The van der Waals surface area contributed by atoms with Crippen molar-refractivity contribution in [2.45, 2.75) is 19.5 Å². The molecule has 2 rings (SSSR count). The molecule has 0 saturated carbocycles. The Morgan fingerprint density at radius 2 is 2.17 bits per heavy atom. The number of rotatable bonds is 5. The molecule has 0 spiro atoms. The van der Waals surface area contributed by atoms with Crippen molar-refractivity contribution < 1.29 is 9.13 Å². The lowest BCUT2D eigenvalue weighted by molar-refractivity contribution is 0.382. The Morgan fingerprint density at radius 3 is 2.83 bits per heavy atom. The monoisotopic (exact) mass is 265 g/mol. The third-order valence-corrected chi connectivity index (χ3v) is 3.89. The second-order valence-corrected chi connectivity index (χ2v) is 5.03. The van der Waals surface area contributed by atoms with Crippen LogP contribution in [0.1, 0.15) is 23.4 Å². The van der Waals surface area contributed by atoms with Crippen molar-refractivity contribution in [1.29, 1.82) is 0 Å². The predicted molar refractivity (Wildman–Crippen MR) is 72.5 cm³/mol. The highest BCUT2D eigenvalue weighted by Gasteiger charge is 2.10. The number of nitrogens with one attached hydrogen (secondary N) is 1. The van der Waals surface area contributed by atoms with E-state index in [-0.39, 0.29) is 17.6 Å². The normalized spacial score (nSPS) is 12.4. The zero-order chi connectivity index (χ0) is 13.0. The number of thiophene rings is 1. The molecule has 0 radical (unpaired) electrons. The summed E-state index contributed by atoms with van der Waals surface area (Å²) in [5.74, 6) is 0.00366. The van der Waals surface area contributed by atoms with E-state index in [0.29, 0.717) is 12.1 Å². The molecule has 1 N–H and O–H groups in total. The van der Waals surface area contributed by atoms with Gasteiger partial charge in [-0.25, -0.2) is 4.39 Å². The Hall–Kier alpha value is -1.39. The third kappa shape index (κ3) is 2.89. The van der Waals surface area contributed by atoms with Gasteiger partial charge in [0.15, 0.2) is 11.6 Å². The van der Waals surface area contributed by atoms with E-state index >= 15 is 0 Å². The fourth-order valence-electron chi connectivity index (χ4n) is 1.75. The Bertz CT molecular complexity index is 499. The first kappa shape index (κ1) is 13.1. The summed E-state index contributed by atoms with van der Waals surface area (Å²) >= 11 is 1.70. The molecule has 4 heteroatoms. The second-order valence-electron chi connectivity index (χ2n) is 4.05. The van der Waals surface area contributed by atoms with E-state index in [2.05, 4.69) is 18.3 Å². The molecule has 1 atom stereocenters. The van der Waals surface area contributed by atoms with Gasteiger partial charge in [0.1, 0.15) is 0 Å². The minimum absolute atomic E-state index is 0.218. The molecule has 0 saturated heterocycles. The van der Waals surface area contributed by atoms with Gasteiger partial charge in [0.05, 0.1) is 7.11 Å². The van der Waals surface area contributed by atoms with Crippen molar-refractivity contribution in [3.63, 3.8) is 0 Å². The van der Waals surface area contributed by atoms with E-state index in [0.717, 1.165) is 0 Å². The molecule has 0 bridgehead atoms. The smallest absolute Gasteiger partial charge is 0.169 e. The number of hydrogen-bond donors (Lipinski definition) is 1. The highest BCUT2D eigenvalue weighted by Crippen LogP contribution is 2.22. The molecule has 0 aliphatic heterocycles. The summed E-state index contributed by atoms with van der Waals surface area (Å²) in [7, 11) is 1.48. The van der Waals surface area contributed by atoms with E-state index in [4.69, 9.17) is 4.74 Å². The lowest BCUT2D eigenvalue weighted by Crippen LogP contribution is -2.18. The van der Waals surface area contributed by atoms with E-state index < -0.39 is 0 Å². The molecule has 0 aliphatic rings. The van der Waals surface area contributed by atoms with Crippen LogP contribution in [0.15, 0.2) is 35.7 Å². The van der Waals surface area contributed by atoms with Gasteiger partial charge >= 0.3 is 0 Å². The van der Waals surface area contributed by atoms with Gasteiger partial charge in [0.25, 0.3) is 0 Å². The van der Waals surface area contributed by atoms with Crippen LogP contribution in [0.5, 0.6) is 5.75 Å². The zero-order valence-electron chi connectivity index (χ0n) is 10.4. The molecular weight excluding hydrogens is 249 g/mol. The number of methoxy groups -OCH3 is 1. The van der Waals surface area contributed by atoms with Gasteiger partial charge < -0.3 is 10.1 Å². The van der Waals surface area contributed by atoms with Crippen LogP contribution < -0.4 is 10.1 Å². The number of halogens is 1. The summed E-state index contributed by atoms with van der Waals surface area (Å²) < 4.78 is 18.9. The van der Waals surface area contributed by atoms with Crippen LogP contribution in [-0.2, 0) is 6.54 Å². The van der Waals surface area contributed by atoms with Gasteiger partial charge in [-0.3, -0.25) is 0 Å². The third-order valence-electron chi connectivity index (χ3n) is 2.83. The summed E-state index contributed by atoms with van der Waals surface area (Å²) in [6.45, 7) is 2.56. The van der Waals surface area contributed by atoms with Crippen LogP contribution in [0.2, 0.25) is 0 Å². The topological polar surface area (TPSA) is 21.3 Å². The Kier molecular flexibility index (Phi) is 4.33. The van der Waals surface area contributed by atoms with E-state index in [1.165, 1.54) is 12.0 Å². The zero-order valence-corrected chi connectivity index (χ0v) is 11.3. The number of benzene rings is 1. The molecule has 2 nitrogen and oxygen atoms in total. The molecule has 1 aromatic carbocycles. The molecule has 18 heavy (non-hydrogen) atoms. The first-order valence-electron chi connectivity index (χ1n) is 5.80. The van der Waals surface area contributed by atoms with Gasteiger partial charge in [0.2, 0.25) is 0 Å². The summed E-state index contributed by atoms with van der Waals surface area (Å²) in [5.41, 5.74) is 0.623. The van der Waals surface area contributed by atoms with Crippen LogP contribution >= 0.6 is 11.3 Å². The maximum atomic E-state index is 13.9. The fraction of sp³-hybridized carbons (Fsp3) is 0.286. The minimum Gasteiger partial charge on any atom is -0.494 e. The van der Waals surface area contributed by atoms with Gasteiger partial charge in [-0.2, -0.15) is 0 Å². The Labute approximate surface area is 110 Å². The second kappa shape index (κ2) is 5.98. The maximum absolute atomic E-state index is 13.9. The van der Waals surface area contributed by atoms with Crippen molar-refractivity contribution >= 4 is 11.3 Å². The summed E-state index contributed by atoms with van der Waals surface area (Å²) in [6.07, 6.45) is 0. The predicted octanol–water partition coefficient (Wildman–Crippen LogP) is 3.75. The highest BCUT2D eigenvalue weighted by atomic mass is 32.1. The van der Waals surface area contributed by atoms with Gasteiger partial charge in [0, 0.05) is 23.0 Å². The Balaban J connectivity index is 2.02. The van der Waals surface area contributed by atoms with Crippen LogP contribution in [0.4, 0.5) is 4.39 Å². The SMILES string of the molecule is COc1cccc(CNC(C)c2cccs2)c1F. The summed E-state index contributed by atoms with van der Waals surface area (Å²) in [6, 6.07) is 9.51. The lowest BCUT2D eigenvalue weighted by Gasteiger charge is -2.13.